The van der Waals surface area contributed by atoms with Gasteiger partial charge in [-0.3, -0.25) is 4.90 Å². The van der Waals surface area contributed by atoms with Gasteiger partial charge in [0.1, 0.15) is 5.75 Å². The number of aromatic nitrogens is 2. The lowest BCUT2D eigenvalue weighted by atomic mass is 9.92. The number of hydrogen-bond donors (Lipinski definition) is 0. The second-order valence-electron chi connectivity index (χ2n) is 6.38. The molecule has 2 aromatic rings. The van der Waals surface area contributed by atoms with Crippen molar-refractivity contribution in [2.45, 2.75) is 26.8 Å². The molecule has 0 aliphatic carbocycles. The fourth-order valence-corrected chi connectivity index (χ4v) is 3.29. The number of benzene rings is 1. The van der Waals surface area contributed by atoms with Crippen LogP contribution >= 0.6 is 0 Å². The van der Waals surface area contributed by atoms with Gasteiger partial charge in [0.05, 0.1) is 13.7 Å². The van der Waals surface area contributed by atoms with E-state index >= 15 is 0 Å². The van der Waals surface area contributed by atoms with E-state index in [1.54, 1.807) is 7.11 Å². The van der Waals surface area contributed by atoms with Crippen molar-refractivity contribution in [2.24, 2.45) is 11.8 Å². The zero-order valence-electron chi connectivity index (χ0n) is 13.5. The smallest absolute Gasteiger partial charge is 0.241 e. The molecule has 0 N–H and O–H groups in total. The summed E-state index contributed by atoms with van der Waals surface area (Å²) >= 11 is 0. The fourth-order valence-electron chi connectivity index (χ4n) is 3.29. The van der Waals surface area contributed by atoms with Crippen LogP contribution in [0.25, 0.3) is 11.4 Å². The van der Waals surface area contributed by atoms with Crippen LogP contribution in [0.1, 0.15) is 26.2 Å². The minimum absolute atomic E-state index is 0.635. The topological polar surface area (TPSA) is 51.4 Å². The molecule has 0 bridgehead atoms. The Morgan fingerprint density at radius 2 is 1.86 bits per heavy atom. The summed E-state index contributed by atoms with van der Waals surface area (Å²) in [5.41, 5.74) is 0.941. The number of likely N-dealkylation sites (tertiary alicyclic amines) is 1. The summed E-state index contributed by atoms with van der Waals surface area (Å²) in [6.45, 7) is 7.55. The number of nitrogens with zero attached hydrogens (tertiary/aromatic N) is 3. The second kappa shape index (κ2) is 6.48. The molecule has 2 unspecified atom stereocenters. The predicted octanol–water partition coefficient (Wildman–Crippen LogP) is 3.22. The maximum atomic E-state index is 5.41. The summed E-state index contributed by atoms with van der Waals surface area (Å²) in [7, 11) is 1.65. The Morgan fingerprint density at radius 3 is 2.50 bits per heavy atom. The quantitative estimate of drug-likeness (QED) is 0.868. The standard InChI is InChI=1S/C17H23N3O2/c1-12-8-13(2)10-20(9-12)11-16-18-17(19-22-16)14-4-6-15(21-3)7-5-14/h4-7,12-13H,8-11H2,1-3H3. The van der Waals surface area contributed by atoms with Crippen molar-refractivity contribution < 1.29 is 9.26 Å². The molecule has 3 rings (SSSR count). The summed E-state index contributed by atoms with van der Waals surface area (Å²) in [5, 5.41) is 4.09. The van der Waals surface area contributed by atoms with Gasteiger partial charge in [0.15, 0.2) is 0 Å². The van der Waals surface area contributed by atoms with E-state index in [1.807, 2.05) is 24.3 Å². The summed E-state index contributed by atoms with van der Waals surface area (Å²) in [4.78, 5) is 6.93. The molecule has 1 aromatic heterocycles. The molecular weight excluding hydrogens is 278 g/mol. The summed E-state index contributed by atoms with van der Waals surface area (Å²) < 4.78 is 10.6. The zero-order valence-corrected chi connectivity index (χ0v) is 13.5. The van der Waals surface area contributed by atoms with Crippen molar-refractivity contribution in [1.29, 1.82) is 0 Å². The minimum Gasteiger partial charge on any atom is -0.497 e. The summed E-state index contributed by atoms with van der Waals surface area (Å²) in [5.74, 6) is 3.60. The average Bonchev–Trinajstić information content (AvgIpc) is 2.95. The number of piperidine rings is 1. The first-order valence-corrected chi connectivity index (χ1v) is 7.83. The fraction of sp³-hybridized carbons (Fsp3) is 0.529. The molecule has 1 aliphatic heterocycles. The van der Waals surface area contributed by atoms with E-state index in [2.05, 4.69) is 28.9 Å². The van der Waals surface area contributed by atoms with E-state index < -0.39 is 0 Å². The van der Waals surface area contributed by atoms with Crippen molar-refractivity contribution in [3.05, 3.63) is 30.2 Å². The molecule has 0 radical (unpaired) electrons. The van der Waals surface area contributed by atoms with E-state index in [1.165, 1.54) is 6.42 Å². The van der Waals surface area contributed by atoms with Gasteiger partial charge in [0.25, 0.3) is 0 Å². The van der Waals surface area contributed by atoms with Crippen LogP contribution in [0.15, 0.2) is 28.8 Å². The summed E-state index contributed by atoms with van der Waals surface area (Å²) in [6, 6.07) is 7.69. The molecule has 0 saturated carbocycles. The molecule has 5 heteroatoms. The molecular formula is C17H23N3O2. The Morgan fingerprint density at radius 1 is 1.18 bits per heavy atom. The number of methoxy groups -OCH3 is 1. The van der Waals surface area contributed by atoms with Gasteiger partial charge < -0.3 is 9.26 Å². The Balaban J connectivity index is 1.68. The molecule has 2 heterocycles. The molecule has 0 amide bonds. The predicted molar refractivity (Wildman–Crippen MR) is 84.5 cm³/mol. The van der Waals surface area contributed by atoms with Crippen molar-refractivity contribution >= 4 is 0 Å². The van der Waals surface area contributed by atoms with Crippen molar-refractivity contribution in [2.75, 3.05) is 20.2 Å². The van der Waals surface area contributed by atoms with Crippen molar-refractivity contribution in [1.82, 2.24) is 15.0 Å². The summed E-state index contributed by atoms with van der Waals surface area (Å²) in [6.07, 6.45) is 1.30. The van der Waals surface area contributed by atoms with Gasteiger partial charge in [-0.15, -0.1) is 0 Å². The molecule has 2 atom stereocenters. The van der Waals surface area contributed by atoms with E-state index in [-0.39, 0.29) is 0 Å². The van der Waals surface area contributed by atoms with Crippen molar-refractivity contribution in [3.63, 3.8) is 0 Å². The normalized spacial score (nSPS) is 22.7. The first-order valence-electron chi connectivity index (χ1n) is 7.83. The molecule has 0 spiro atoms. The highest BCUT2D eigenvalue weighted by molar-refractivity contribution is 5.55. The first kappa shape index (κ1) is 15.0. The van der Waals surface area contributed by atoms with Crippen LogP contribution < -0.4 is 4.74 Å². The van der Waals surface area contributed by atoms with Crippen molar-refractivity contribution in [3.8, 4) is 17.1 Å². The van der Waals surface area contributed by atoms with Gasteiger partial charge in [-0.1, -0.05) is 19.0 Å². The van der Waals surface area contributed by atoms with Crippen LogP contribution in [-0.2, 0) is 6.54 Å². The third-order valence-corrected chi connectivity index (χ3v) is 4.12. The van der Waals surface area contributed by atoms with Crippen LogP contribution in [0.3, 0.4) is 0 Å². The molecule has 5 nitrogen and oxygen atoms in total. The highest BCUT2D eigenvalue weighted by Crippen LogP contribution is 2.23. The van der Waals surface area contributed by atoms with Gasteiger partial charge in [-0.05, 0) is 42.5 Å². The molecule has 1 aromatic carbocycles. The highest BCUT2D eigenvalue weighted by atomic mass is 16.5. The van der Waals surface area contributed by atoms with Crippen LogP contribution in [-0.4, -0.2) is 35.2 Å². The van der Waals surface area contributed by atoms with Crippen LogP contribution in [0, 0.1) is 11.8 Å². The molecule has 1 saturated heterocycles. The molecule has 1 aliphatic rings. The third-order valence-electron chi connectivity index (χ3n) is 4.12. The Bertz CT molecular complexity index is 599. The largest absolute Gasteiger partial charge is 0.497 e. The minimum atomic E-state index is 0.635. The van der Waals surface area contributed by atoms with E-state index in [0.717, 1.165) is 42.8 Å². The lowest BCUT2D eigenvalue weighted by Crippen LogP contribution is -2.38. The lowest BCUT2D eigenvalue weighted by Gasteiger charge is -2.33. The highest BCUT2D eigenvalue weighted by Gasteiger charge is 2.23. The number of hydrogen-bond acceptors (Lipinski definition) is 5. The van der Waals surface area contributed by atoms with Crippen LogP contribution in [0.5, 0.6) is 5.75 Å². The SMILES string of the molecule is COc1ccc(-c2noc(CN3CC(C)CC(C)C3)n2)cc1. The third kappa shape index (κ3) is 3.47. The van der Waals surface area contributed by atoms with Gasteiger partial charge in [-0.25, -0.2) is 0 Å². The second-order valence-corrected chi connectivity index (χ2v) is 6.38. The van der Waals surface area contributed by atoms with E-state index in [9.17, 15) is 0 Å². The maximum Gasteiger partial charge on any atom is 0.241 e. The zero-order chi connectivity index (χ0) is 15.5. The Hall–Kier alpha value is -1.88. The monoisotopic (exact) mass is 301 g/mol. The first-order chi connectivity index (χ1) is 10.6. The maximum absolute atomic E-state index is 5.41. The van der Waals surface area contributed by atoms with Crippen LogP contribution in [0.2, 0.25) is 0 Å². The molecule has 118 valence electrons. The average molecular weight is 301 g/mol. The Labute approximate surface area is 131 Å². The van der Waals surface area contributed by atoms with Gasteiger partial charge in [0.2, 0.25) is 11.7 Å². The number of ether oxygens (including phenoxy) is 1. The van der Waals surface area contributed by atoms with Gasteiger partial charge in [0, 0.05) is 18.7 Å². The van der Waals surface area contributed by atoms with Gasteiger partial charge >= 0.3 is 0 Å². The van der Waals surface area contributed by atoms with E-state index in [4.69, 9.17) is 9.26 Å². The van der Waals surface area contributed by atoms with Crippen LogP contribution in [0.4, 0.5) is 0 Å². The molecule has 1 fully saturated rings. The lowest BCUT2D eigenvalue weighted by molar-refractivity contribution is 0.121. The Kier molecular flexibility index (Phi) is 4.43. The molecule has 22 heavy (non-hydrogen) atoms. The van der Waals surface area contributed by atoms with E-state index in [0.29, 0.717) is 11.7 Å². The van der Waals surface area contributed by atoms with Gasteiger partial charge in [-0.2, -0.15) is 4.98 Å². The number of rotatable bonds is 4.